The van der Waals surface area contributed by atoms with Crippen LogP contribution in [0.2, 0.25) is 5.02 Å². The number of benzene rings is 2. The Morgan fingerprint density at radius 1 is 1.15 bits per heavy atom. The van der Waals surface area contributed by atoms with Crippen LogP contribution in [-0.4, -0.2) is 58.3 Å². The van der Waals surface area contributed by atoms with E-state index in [9.17, 15) is 13.2 Å². The number of amides is 1. The fraction of sp³-hybridized carbons (Fsp3) is 0.464. The summed E-state index contributed by atoms with van der Waals surface area (Å²) in [7, 11) is -3.90. The summed E-state index contributed by atoms with van der Waals surface area (Å²) >= 11 is 5.95. The van der Waals surface area contributed by atoms with Gasteiger partial charge >= 0.3 is 0 Å². The van der Waals surface area contributed by atoms with Crippen molar-refractivity contribution < 1.29 is 13.2 Å². The normalized spacial score (nSPS) is 20.5. The summed E-state index contributed by atoms with van der Waals surface area (Å²) in [5.41, 5.74) is 4.44. The Kier molecular flexibility index (Phi) is 7.83. The Morgan fingerprint density at radius 3 is 2.67 bits per heavy atom. The summed E-state index contributed by atoms with van der Waals surface area (Å²) in [5, 5.41) is 15.6. The molecule has 1 aromatic heterocycles. The molecule has 1 fully saturated rings. The van der Waals surface area contributed by atoms with Crippen LogP contribution >= 0.6 is 11.6 Å². The van der Waals surface area contributed by atoms with Crippen LogP contribution in [0.15, 0.2) is 53.6 Å². The number of carbonyl (C=O) groups is 1. The van der Waals surface area contributed by atoms with Gasteiger partial charge < -0.3 is 10.6 Å². The molecule has 11 heteroatoms. The third-order valence-corrected chi connectivity index (χ3v) is 9.47. The molecular formula is C28H35ClN6O3S. The smallest absolute Gasteiger partial charge is 0.243 e. The lowest BCUT2D eigenvalue weighted by Crippen LogP contribution is -2.57. The summed E-state index contributed by atoms with van der Waals surface area (Å²) in [6.07, 6.45) is 4.99. The lowest BCUT2D eigenvalue weighted by molar-refractivity contribution is -0.126. The molecule has 0 radical (unpaired) electrons. The Morgan fingerprint density at radius 2 is 1.92 bits per heavy atom. The minimum absolute atomic E-state index is 0.0497. The van der Waals surface area contributed by atoms with Crippen molar-refractivity contribution in [3.05, 3.63) is 76.1 Å². The van der Waals surface area contributed by atoms with Gasteiger partial charge in [-0.3, -0.25) is 4.79 Å². The fourth-order valence-corrected chi connectivity index (χ4v) is 6.98. The number of halogens is 1. The topological polar surface area (TPSA) is 109 Å². The molecule has 1 aliphatic heterocycles. The Balaban J connectivity index is 1.35. The molecule has 3 aromatic rings. The van der Waals surface area contributed by atoms with Gasteiger partial charge in [-0.1, -0.05) is 35.0 Å². The van der Waals surface area contributed by atoms with Gasteiger partial charge in [0, 0.05) is 42.8 Å². The van der Waals surface area contributed by atoms with Gasteiger partial charge in [0.25, 0.3) is 0 Å². The molecule has 1 amide bonds. The number of sulfonamides is 1. The summed E-state index contributed by atoms with van der Waals surface area (Å²) in [4.78, 5) is 13.0. The molecule has 9 nitrogen and oxygen atoms in total. The minimum atomic E-state index is -3.90. The van der Waals surface area contributed by atoms with E-state index in [2.05, 4.69) is 59.9 Å². The first-order valence-electron chi connectivity index (χ1n) is 13.3. The van der Waals surface area contributed by atoms with Crippen molar-refractivity contribution in [3.8, 4) is 0 Å². The first-order chi connectivity index (χ1) is 18.5. The van der Waals surface area contributed by atoms with E-state index in [0.29, 0.717) is 10.7 Å². The van der Waals surface area contributed by atoms with Crippen molar-refractivity contribution in [1.82, 2.24) is 29.9 Å². The minimum Gasteiger partial charge on any atom is -0.353 e. The highest BCUT2D eigenvalue weighted by Gasteiger charge is 2.39. The van der Waals surface area contributed by atoms with Crippen LogP contribution in [0.4, 0.5) is 0 Å². The van der Waals surface area contributed by atoms with Gasteiger partial charge in [0.15, 0.2) is 0 Å². The third kappa shape index (κ3) is 6.19. The zero-order valence-electron chi connectivity index (χ0n) is 22.5. The summed E-state index contributed by atoms with van der Waals surface area (Å²) in [6, 6.07) is 11.8. The first kappa shape index (κ1) is 27.8. The number of nitrogens with one attached hydrogen (secondary N) is 2. The molecule has 0 bridgehead atoms. The number of fused-ring (bicyclic) bond motifs is 1. The second-order valence-electron chi connectivity index (χ2n) is 11.3. The lowest BCUT2D eigenvalue weighted by atomic mass is 9.86. The van der Waals surface area contributed by atoms with E-state index in [1.165, 1.54) is 45.3 Å². The number of nitrogens with zero attached hydrogens (tertiary/aromatic N) is 4. The van der Waals surface area contributed by atoms with Gasteiger partial charge in [0.1, 0.15) is 6.04 Å². The quantitative estimate of drug-likeness (QED) is 0.450. The molecule has 2 N–H and O–H groups in total. The number of hydrogen-bond acceptors (Lipinski definition) is 6. The van der Waals surface area contributed by atoms with Crippen molar-refractivity contribution in [1.29, 1.82) is 0 Å². The predicted octanol–water partition coefficient (Wildman–Crippen LogP) is 3.48. The monoisotopic (exact) mass is 570 g/mol. The van der Waals surface area contributed by atoms with Crippen LogP contribution in [0.3, 0.4) is 0 Å². The molecule has 0 saturated carbocycles. The van der Waals surface area contributed by atoms with E-state index >= 15 is 0 Å². The number of carbonyl (C=O) groups excluding carboxylic acids is 1. The van der Waals surface area contributed by atoms with Gasteiger partial charge in [-0.2, -0.15) is 4.31 Å². The van der Waals surface area contributed by atoms with Gasteiger partial charge in [0.2, 0.25) is 15.9 Å². The molecule has 208 valence electrons. The zero-order chi connectivity index (χ0) is 27.8. The second-order valence-corrected chi connectivity index (χ2v) is 13.6. The number of piperazine rings is 1. The van der Waals surface area contributed by atoms with E-state index < -0.39 is 16.1 Å². The number of rotatable bonds is 7. The average molecular weight is 571 g/mol. The predicted molar refractivity (Wildman–Crippen MR) is 150 cm³/mol. The molecule has 2 aliphatic rings. The van der Waals surface area contributed by atoms with Crippen LogP contribution in [0.5, 0.6) is 0 Å². The molecule has 2 aromatic carbocycles. The van der Waals surface area contributed by atoms with E-state index in [0.717, 1.165) is 25.8 Å². The van der Waals surface area contributed by atoms with Gasteiger partial charge in [-0.05, 0) is 81.0 Å². The van der Waals surface area contributed by atoms with Gasteiger partial charge in [0.05, 0.1) is 16.6 Å². The molecule has 2 atom stereocenters. The molecule has 39 heavy (non-hydrogen) atoms. The Bertz CT molecular complexity index is 1450. The summed E-state index contributed by atoms with van der Waals surface area (Å²) in [5.74, 6) is -0.340. The summed E-state index contributed by atoms with van der Waals surface area (Å²) < 4.78 is 30.0. The lowest BCUT2D eigenvalue weighted by Gasteiger charge is -2.33. The van der Waals surface area contributed by atoms with Gasteiger partial charge in [-0.25, -0.2) is 13.1 Å². The molecular weight excluding hydrogens is 536 g/mol. The van der Waals surface area contributed by atoms with Crippen molar-refractivity contribution in [2.24, 2.45) is 0 Å². The van der Waals surface area contributed by atoms with Crippen LogP contribution in [0, 0.1) is 0 Å². The maximum Gasteiger partial charge on any atom is 0.243 e. The highest BCUT2D eigenvalue weighted by Crippen LogP contribution is 2.33. The maximum absolute atomic E-state index is 13.4. The maximum atomic E-state index is 13.4. The van der Waals surface area contributed by atoms with E-state index in [4.69, 9.17) is 11.6 Å². The Hall–Kier alpha value is -2.79. The molecule has 1 aliphatic carbocycles. The number of aryl methyl sites for hydroxylation is 1. The van der Waals surface area contributed by atoms with E-state index in [-0.39, 0.29) is 41.9 Å². The fourth-order valence-electron chi connectivity index (χ4n) is 5.27. The Labute approximate surface area is 235 Å². The number of hydrogen-bond donors (Lipinski definition) is 2. The second kappa shape index (κ2) is 11.0. The van der Waals surface area contributed by atoms with Crippen LogP contribution < -0.4 is 10.6 Å². The number of aromatic nitrogens is 3. The zero-order valence-corrected chi connectivity index (χ0v) is 24.1. The summed E-state index contributed by atoms with van der Waals surface area (Å²) in [6.45, 7) is 7.72. The molecule has 2 heterocycles. The van der Waals surface area contributed by atoms with E-state index in [1.807, 2.05) is 10.9 Å². The highest BCUT2D eigenvalue weighted by atomic mass is 35.5. The van der Waals surface area contributed by atoms with Gasteiger partial charge in [-0.15, -0.1) is 5.10 Å². The molecule has 5 rings (SSSR count). The third-order valence-electron chi connectivity index (χ3n) is 7.29. The molecule has 1 saturated heterocycles. The van der Waals surface area contributed by atoms with Crippen molar-refractivity contribution >= 4 is 27.5 Å². The van der Waals surface area contributed by atoms with Crippen LogP contribution in [-0.2, 0) is 34.2 Å². The van der Waals surface area contributed by atoms with Crippen molar-refractivity contribution in [3.63, 3.8) is 0 Å². The van der Waals surface area contributed by atoms with Crippen molar-refractivity contribution in [2.45, 2.75) is 75.5 Å². The average Bonchev–Trinajstić information content (AvgIpc) is 3.36. The standard InChI is InChI=1S/C28H35ClN6O3S/c1-28(2,3)31-17-19-7-12-24-20(15-19)5-4-6-25(24)34-18-22(32-33-34)16-26-27(36)30-13-14-35(26)39(37,38)23-10-8-21(29)9-11-23/h7-12,15,18,25-26,31H,4-6,13-14,16-17H2,1-3H3,(H,30,36)/t25-,26+/m0/s1. The largest absolute Gasteiger partial charge is 0.353 e. The SMILES string of the molecule is CC(C)(C)NCc1ccc2c(c1)CCC[C@@H]2n1cc(C[C@@H]2C(=O)NCCN2S(=O)(=O)c2ccc(Cl)cc2)nn1. The van der Waals surface area contributed by atoms with Crippen LogP contribution in [0.1, 0.15) is 62.0 Å². The molecule has 0 unspecified atom stereocenters. The first-order valence-corrected chi connectivity index (χ1v) is 15.2. The highest BCUT2D eigenvalue weighted by molar-refractivity contribution is 7.89. The van der Waals surface area contributed by atoms with E-state index in [1.54, 1.807) is 0 Å². The van der Waals surface area contributed by atoms with Crippen LogP contribution in [0.25, 0.3) is 0 Å². The van der Waals surface area contributed by atoms with Crippen molar-refractivity contribution in [2.75, 3.05) is 13.1 Å². The molecule has 0 spiro atoms.